The second kappa shape index (κ2) is 19.7. The number of amides is 2. The highest BCUT2D eigenvalue weighted by atomic mass is 35.5. The molecule has 0 radical (unpaired) electrons. The molecule has 0 bridgehead atoms. The number of nitrogens with zero attached hydrogens (tertiary/aromatic N) is 8. The van der Waals surface area contributed by atoms with Crippen molar-refractivity contribution >= 4 is 57.0 Å². The zero-order valence-electron chi connectivity index (χ0n) is 34.5. The van der Waals surface area contributed by atoms with Gasteiger partial charge in [0.1, 0.15) is 16.7 Å². The Hall–Kier alpha value is -5.56. The molecule has 2 aromatic carbocycles. The van der Waals surface area contributed by atoms with Gasteiger partial charge in [-0.15, -0.1) is 0 Å². The van der Waals surface area contributed by atoms with Crippen molar-refractivity contribution in [1.29, 1.82) is 0 Å². The van der Waals surface area contributed by atoms with Gasteiger partial charge in [0, 0.05) is 61.0 Å². The Balaban J connectivity index is 0.000000235. The predicted octanol–water partition coefficient (Wildman–Crippen LogP) is 10.2. The van der Waals surface area contributed by atoms with Gasteiger partial charge in [0.05, 0.1) is 50.8 Å². The van der Waals surface area contributed by atoms with E-state index in [9.17, 15) is 37.0 Å². The number of aromatic nitrogens is 6. The van der Waals surface area contributed by atoms with Gasteiger partial charge in [-0.2, -0.15) is 10.2 Å². The first-order valence-corrected chi connectivity index (χ1v) is 21.8. The van der Waals surface area contributed by atoms with E-state index in [4.69, 9.17) is 23.2 Å². The monoisotopic (exact) mass is 928 g/mol. The molecule has 6 rings (SSSR count). The van der Waals surface area contributed by atoms with Crippen LogP contribution in [0.3, 0.4) is 0 Å². The van der Waals surface area contributed by atoms with Crippen LogP contribution in [-0.4, -0.2) is 83.2 Å². The third-order valence-electron chi connectivity index (χ3n) is 8.38. The minimum atomic E-state index is -4.13. The van der Waals surface area contributed by atoms with E-state index in [0.29, 0.717) is 28.0 Å². The number of rotatable bonds is 12. The van der Waals surface area contributed by atoms with E-state index in [1.54, 1.807) is 18.5 Å². The molecule has 0 spiro atoms. The number of halogens is 4. The fraction of sp³-hybridized carbons (Fsp3) is 0.286. The first kappa shape index (κ1) is 47.5. The first-order valence-electron chi connectivity index (χ1n) is 18.8. The van der Waals surface area contributed by atoms with Crippen LogP contribution < -0.4 is 0 Å². The Morgan fingerprint density at radius 2 is 1.19 bits per heavy atom. The maximum Gasteiger partial charge on any atom is 0.407 e. The van der Waals surface area contributed by atoms with E-state index < -0.39 is 33.7 Å². The van der Waals surface area contributed by atoms with Crippen LogP contribution in [0.15, 0.2) is 117 Å². The molecule has 20 heteroatoms. The van der Waals surface area contributed by atoms with Crippen LogP contribution in [0.1, 0.15) is 52.9 Å². The smallest absolute Gasteiger partial charge is 0.407 e. The van der Waals surface area contributed by atoms with E-state index in [0.717, 1.165) is 26.6 Å². The lowest BCUT2D eigenvalue weighted by Crippen LogP contribution is -2.36. The molecule has 4 aromatic heterocycles. The molecule has 0 saturated heterocycles. The minimum absolute atomic E-state index is 0.0121. The van der Waals surface area contributed by atoms with Crippen LogP contribution in [0.5, 0.6) is 0 Å². The summed E-state index contributed by atoms with van der Waals surface area (Å²) in [7, 11) is -4.13. The lowest BCUT2D eigenvalue weighted by Gasteiger charge is -2.27. The van der Waals surface area contributed by atoms with E-state index >= 15 is 0 Å². The largest absolute Gasteiger partial charge is 0.465 e. The average molecular weight is 930 g/mol. The van der Waals surface area contributed by atoms with Crippen LogP contribution in [0.2, 0.25) is 10.0 Å². The molecule has 0 aliphatic carbocycles. The van der Waals surface area contributed by atoms with Crippen molar-refractivity contribution < 1.29 is 37.0 Å². The van der Waals surface area contributed by atoms with Gasteiger partial charge in [-0.25, -0.2) is 36.2 Å². The van der Waals surface area contributed by atoms with Crippen molar-refractivity contribution in [2.45, 2.75) is 74.5 Å². The standard InChI is InChI=1S/C21H22ClFN4O4S.C21H22ClFN4O2S/c1-21(2,3)13-26(20(28)29)12-15-10-19(32(30,31)16-5-4-8-24-11-16)27(25-15)18-9-14(23)6-7-17(18)22;1-21(2,3)13-26(20(28)29)12-15-10-19(30-16-5-4-8-24-11-16)27(25-15)18-9-14(23)6-7-17(18)22/h4-11H,12-13H2,1-3H3,(H,28,29);4-11H,12-13H2,1-3H3,(H,28,29). The molecule has 14 nitrogen and oxygen atoms in total. The highest BCUT2D eigenvalue weighted by molar-refractivity contribution is 7.99. The summed E-state index contributed by atoms with van der Waals surface area (Å²) >= 11 is 13.9. The summed E-state index contributed by atoms with van der Waals surface area (Å²) in [5, 5.41) is 28.9. The number of carboxylic acid groups (broad SMARTS) is 2. The number of benzene rings is 2. The predicted molar refractivity (Wildman–Crippen MR) is 231 cm³/mol. The van der Waals surface area contributed by atoms with Gasteiger partial charge in [0.15, 0.2) is 5.03 Å². The molecule has 6 aromatic rings. The molecule has 62 heavy (non-hydrogen) atoms. The number of hydrogen-bond donors (Lipinski definition) is 2. The highest BCUT2D eigenvalue weighted by Gasteiger charge is 2.29. The summed E-state index contributed by atoms with van der Waals surface area (Å²) in [6, 6.07) is 17.1. The molecule has 0 aliphatic rings. The van der Waals surface area contributed by atoms with Gasteiger partial charge in [0.25, 0.3) is 0 Å². The maximum absolute atomic E-state index is 13.9. The van der Waals surface area contributed by atoms with E-state index in [-0.39, 0.29) is 56.8 Å². The lowest BCUT2D eigenvalue weighted by atomic mass is 9.96. The number of carbonyl (C=O) groups is 2. The second-order valence-electron chi connectivity index (χ2n) is 16.3. The zero-order valence-corrected chi connectivity index (χ0v) is 37.6. The van der Waals surface area contributed by atoms with Gasteiger partial charge < -0.3 is 20.0 Å². The van der Waals surface area contributed by atoms with Gasteiger partial charge in [0.2, 0.25) is 9.84 Å². The molecule has 328 valence electrons. The van der Waals surface area contributed by atoms with Gasteiger partial charge in [-0.3, -0.25) is 9.97 Å². The van der Waals surface area contributed by atoms with E-state index in [2.05, 4.69) is 20.2 Å². The van der Waals surface area contributed by atoms with Crippen molar-refractivity contribution in [2.24, 2.45) is 10.8 Å². The number of sulfone groups is 1. The Bertz CT molecular complexity index is 2640. The zero-order chi connectivity index (χ0) is 45.6. The van der Waals surface area contributed by atoms with Crippen molar-refractivity contribution in [3.63, 3.8) is 0 Å². The van der Waals surface area contributed by atoms with E-state index in [1.807, 2.05) is 53.7 Å². The molecule has 0 fully saturated rings. The van der Waals surface area contributed by atoms with Gasteiger partial charge in [-0.1, -0.05) is 76.5 Å². The van der Waals surface area contributed by atoms with Crippen molar-refractivity contribution in [3.05, 3.63) is 131 Å². The number of hydrogen-bond acceptors (Lipinski definition) is 9. The molecular formula is C42H44Cl2F2N8O6S2. The number of pyridine rings is 2. The van der Waals surface area contributed by atoms with Gasteiger partial charge in [-0.05, 0) is 65.4 Å². The molecule has 2 N–H and O–H groups in total. The minimum Gasteiger partial charge on any atom is -0.465 e. The summed E-state index contributed by atoms with van der Waals surface area (Å²) in [5.41, 5.74) is 0.551. The van der Waals surface area contributed by atoms with Crippen LogP contribution in [0.4, 0.5) is 18.4 Å². The molecule has 0 saturated carbocycles. The molecule has 0 aliphatic heterocycles. The summed E-state index contributed by atoms with van der Waals surface area (Å²) < 4.78 is 57.0. The second-order valence-corrected chi connectivity index (χ2v) is 20.1. The third-order valence-corrected chi connectivity index (χ3v) is 11.7. The third kappa shape index (κ3) is 12.7. The lowest BCUT2D eigenvalue weighted by molar-refractivity contribution is 0.121. The fourth-order valence-corrected chi connectivity index (χ4v) is 8.63. The fourth-order valence-electron chi connectivity index (χ4n) is 5.95. The molecular weight excluding hydrogens is 886 g/mol. The quantitative estimate of drug-likeness (QED) is 0.119. The van der Waals surface area contributed by atoms with E-state index in [1.165, 1.54) is 76.2 Å². The summed E-state index contributed by atoms with van der Waals surface area (Å²) in [4.78, 5) is 34.7. The Labute approximate surface area is 372 Å². The normalized spacial score (nSPS) is 11.8. The van der Waals surface area contributed by atoms with Crippen molar-refractivity contribution in [1.82, 2.24) is 39.3 Å². The SMILES string of the molecule is CC(C)(C)CN(Cc1cc(S(=O)(=O)c2cccnc2)n(-c2cc(F)ccc2Cl)n1)C(=O)O.CC(C)(C)CN(Cc1cc(Sc2cccnc2)n(-c2cc(F)ccc2Cl)n1)C(=O)O. The summed E-state index contributed by atoms with van der Waals surface area (Å²) in [6.07, 6.45) is 3.80. The first-order chi connectivity index (χ1) is 29.0. The Morgan fingerprint density at radius 3 is 1.66 bits per heavy atom. The van der Waals surface area contributed by atoms with Crippen molar-refractivity contribution in [3.8, 4) is 11.4 Å². The summed E-state index contributed by atoms with van der Waals surface area (Å²) in [6.45, 7) is 12.0. The Kier molecular flexibility index (Phi) is 15.1. The highest BCUT2D eigenvalue weighted by Crippen LogP contribution is 2.33. The maximum atomic E-state index is 13.9. The molecule has 2 amide bonds. The van der Waals surface area contributed by atoms with Crippen LogP contribution >= 0.6 is 35.0 Å². The molecule has 0 atom stereocenters. The molecule has 0 unspecified atom stereocenters. The van der Waals surface area contributed by atoms with Crippen molar-refractivity contribution in [2.75, 3.05) is 13.1 Å². The van der Waals surface area contributed by atoms with Crippen LogP contribution in [0, 0.1) is 22.5 Å². The average Bonchev–Trinajstić information content (AvgIpc) is 3.80. The van der Waals surface area contributed by atoms with Gasteiger partial charge >= 0.3 is 12.2 Å². The molecule has 4 heterocycles. The van der Waals surface area contributed by atoms with Crippen LogP contribution in [-0.2, 0) is 22.9 Å². The Morgan fingerprint density at radius 1 is 0.710 bits per heavy atom. The van der Waals surface area contributed by atoms with Crippen LogP contribution in [0.25, 0.3) is 11.4 Å². The topological polar surface area (TPSA) is 177 Å². The summed E-state index contributed by atoms with van der Waals surface area (Å²) in [5.74, 6) is -1.07.